The fourth-order valence-electron chi connectivity index (χ4n) is 1.15. The smallest absolute Gasteiger partial charge is 0.445 e. The first-order chi connectivity index (χ1) is 6.89. The van der Waals surface area contributed by atoms with E-state index in [9.17, 15) is 12.9 Å². The van der Waals surface area contributed by atoms with E-state index in [2.05, 4.69) is 0 Å². The van der Waals surface area contributed by atoms with Crippen LogP contribution in [0.15, 0.2) is 24.3 Å². The van der Waals surface area contributed by atoms with E-state index >= 15 is 0 Å². The maximum Gasteiger partial charge on any atom is 0.509 e. The Labute approximate surface area is 87.3 Å². The molecule has 0 saturated carbocycles. The van der Waals surface area contributed by atoms with Crippen molar-refractivity contribution in [2.45, 2.75) is 26.6 Å². The minimum atomic E-state index is -4.91. The molecule has 0 atom stereocenters. The average molecular weight is 217 g/mol. The van der Waals surface area contributed by atoms with Gasteiger partial charge >= 0.3 is 6.98 Å². The van der Waals surface area contributed by atoms with Crippen molar-refractivity contribution in [3.63, 3.8) is 0 Å². The highest BCUT2D eigenvalue weighted by Gasteiger charge is 2.25. The van der Waals surface area contributed by atoms with Crippen molar-refractivity contribution in [1.82, 2.24) is 0 Å². The van der Waals surface area contributed by atoms with Gasteiger partial charge in [-0.1, -0.05) is 24.3 Å². The van der Waals surface area contributed by atoms with Gasteiger partial charge < -0.3 is 17.7 Å². The van der Waals surface area contributed by atoms with Crippen molar-refractivity contribution in [1.29, 1.82) is 0 Å². The molecule has 1 nitrogen and oxygen atoms in total. The first-order valence-corrected chi connectivity index (χ1v) is 4.80. The Bertz CT molecular complexity index is 323. The molecule has 0 spiro atoms. The molecule has 0 aliphatic rings. The van der Waals surface area contributed by atoms with Crippen LogP contribution in [0.1, 0.15) is 19.4 Å². The predicted octanol–water partition coefficient (Wildman–Crippen LogP) is 2.67. The van der Waals surface area contributed by atoms with Crippen molar-refractivity contribution >= 4 is 12.4 Å². The number of hydrogen-bond donors (Lipinski definition) is 0. The van der Waals surface area contributed by atoms with Crippen LogP contribution in [0.2, 0.25) is 0 Å². The third-order valence-electron chi connectivity index (χ3n) is 1.91. The molecule has 1 aromatic rings. The van der Waals surface area contributed by atoms with Crippen LogP contribution in [0.4, 0.5) is 12.9 Å². The zero-order valence-electron chi connectivity index (χ0n) is 8.71. The summed E-state index contributed by atoms with van der Waals surface area (Å²) in [5.41, 5.74) is -0.0137. The van der Waals surface area contributed by atoms with E-state index < -0.39 is 12.4 Å². The fourth-order valence-corrected chi connectivity index (χ4v) is 1.15. The fraction of sp³-hybridized carbons (Fsp3) is 0.400. The summed E-state index contributed by atoms with van der Waals surface area (Å²) in [7, 11) is 0. The highest BCUT2D eigenvalue weighted by molar-refractivity contribution is 6.73. The van der Waals surface area contributed by atoms with E-state index in [0.29, 0.717) is 5.56 Å². The van der Waals surface area contributed by atoms with Crippen LogP contribution < -0.4 is 5.46 Å². The van der Waals surface area contributed by atoms with Crippen LogP contribution in [0.3, 0.4) is 0 Å². The molecule has 0 N–H and O–H groups in total. The maximum atomic E-state index is 12.4. The third kappa shape index (κ3) is 3.95. The average Bonchev–Trinajstić information content (AvgIpc) is 2.14. The number of benzene rings is 1. The zero-order chi connectivity index (χ0) is 11.5. The first kappa shape index (κ1) is 12.1. The van der Waals surface area contributed by atoms with E-state index in [-0.39, 0.29) is 12.7 Å². The molecule has 84 valence electrons. The lowest BCUT2D eigenvalue weighted by molar-refractivity contribution is 0.0657. The van der Waals surface area contributed by atoms with Crippen LogP contribution in [-0.2, 0) is 11.3 Å². The normalized spacial score (nSPS) is 12.1. The summed E-state index contributed by atoms with van der Waals surface area (Å²) >= 11 is 0. The maximum absolute atomic E-state index is 12.4. The summed E-state index contributed by atoms with van der Waals surface area (Å²) in [6.45, 7) is -1.00. The van der Waals surface area contributed by atoms with Gasteiger partial charge in [0, 0.05) is 0 Å². The molecule has 0 radical (unpaired) electrons. The number of hydrogen-bond acceptors (Lipinski definition) is 1. The highest BCUT2D eigenvalue weighted by atomic mass is 19.4. The van der Waals surface area contributed by atoms with E-state index in [4.69, 9.17) is 4.74 Å². The molecule has 5 heteroatoms. The van der Waals surface area contributed by atoms with Crippen molar-refractivity contribution in [2.24, 2.45) is 0 Å². The SMILES string of the molecule is CC(C)OCc1cccc([B-](F)(F)F)c1. The van der Waals surface area contributed by atoms with Gasteiger partial charge in [-0.3, -0.25) is 0 Å². The Hall–Kier alpha value is -0.965. The van der Waals surface area contributed by atoms with Crippen molar-refractivity contribution in [2.75, 3.05) is 0 Å². The molecule has 1 aromatic carbocycles. The molecule has 0 aliphatic carbocycles. The Balaban J connectivity index is 2.75. The number of rotatable bonds is 4. The van der Waals surface area contributed by atoms with Gasteiger partial charge in [0.15, 0.2) is 0 Å². The molecule has 15 heavy (non-hydrogen) atoms. The van der Waals surface area contributed by atoms with Gasteiger partial charge in [-0.2, -0.15) is 0 Å². The van der Waals surface area contributed by atoms with Crippen LogP contribution in [0.5, 0.6) is 0 Å². The lowest BCUT2D eigenvalue weighted by Gasteiger charge is -2.16. The first-order valence-electron chi connectivity index (χ1n) is 4.80. The van der Waals surface area contributed by atoms with E-state index in [1.165, 1.54) is 6.07 Å². The molecule has 0 aromatic heterocycles. The topological polar surface area (TPSA) is 9.23 Å². The van der Waals surface area contributed by atoms with Gasteiger partial charge in [0.05, 0.1) is 12.7 Å². The third-order valence-corrected chi connectivity index (χ3v) is 1.91. The van der Waals surface area contributed by atoms with E-state index in [0.717, 1.165) is 12.1 Å². The molecule has 0 amide bonds. The molecule has 0 fully saturated rings. The molecule has 0 aliphatic heterocycles. The molecular weight excluding hydrogens is 204 g/mol. The Morgan fingerprint density at radius 2 is 1.93 bits per heavy atom. The standard InChI is InChI=1S/C10H13BF3O/c1-8(2)15-7-9-4-3-5-10(6-9)11(12,13)14/h3-6,8H,7H2,1-2H3/q-1. The van der Waals surface area contributed by atoms with Gasteiger partial charge in [-0.25, -0.2) is 0 Å². The number of ether oxygens (including phenoxy) is 1. The molecular formula is C10H13BF3O-. The van der Waals surface area contributed by atoms with Crippen LogP contribution in [-0.4, -0.2) is 13.1 Å². The van der Waals surface area contributed by atoms with Gasteiger partial charge in [-0.15, -0.1) is 5.46 Å². The van der Waals surface area contributed by atoms with Crippen molar-refractivity contribution < 1.29 is 17.7 Å². The van der Waals surface area contributed by atoms with E-state index in [1.54, 1.807) is 6.07 Å². The summed E-state index contributed by atoms with van der Waals surface area (Å²) in [6.07, 6.45) is 0.0186. The molecule has 0 heterocycles. The lowest BCUT2D eigenvalue weighted by Crippen LogP contribution is -2.34. The summed E-state index contributed by atoms with van der Waals surface area (Å²) < 4.78 is 42.4. The summed E-state index contributed by atoms with van der Waals surface area (Å²) in [5.74, 6) is 0. The Kier molecular flexibility index (Phi) is 3.80. The Morgan fingerprint density at radius 3 is 2.47 bits per heavy atom. The van der Waals surface area contributed by atoms with Crippen molar-refractivity contribution in [3.8, 4) is 0 Å². The van der Waals surface area contributed by atoms with Gasteiger partial charge in [-0.05, 0) is 19.4 Å². The van der Waals surface area contributed by atoms with Crippen LogP contribution in [0, 0.1) is 0 Å². The molecule has 1 rings (SSSR count). The second-order valence-electron chi connectivity index (χ2n) is 3.68. The molecule has 0 bridgehead atoms. The predicted molar refractivity (Wildman–Crippen MR) is 55.1 cm³/mol. The lowest BCUT2D eigenvalue weighted by atomic mass is 9.79. The largest absolute Gasteiger partial charge is 0.509 e. The second-order valence-corrected chi connectivity index (χ2v) is 3.68. The summed E-state index contributed by atoms with van der Waals surface area (Å²) in [6, 6.07) is 5.26. The van der Waals surface area contributed by atoms with Gasteiger partial charge in [0.1, 0.15) is 0 Å². The number of halogens is 3. The minimum Gasteiger partial charge on any atom is -0.445 e. The Morgan fingerprint density at radius 1 is 1.27 bits per heavy atom. The van der Waals surface area contributed by atoms with Gasteiger partial charge in [0.25, 0.3) is 0 Å². The van der Waals surface area contributed by atoms with Crippen LogP contribution in [0.25, 0.3) is 0 Å². The summed E-state index contributed by atoms with van der Waals surface area (Å²) in [4.78, 5) is 0. The van der Waals surface area contributed by atoms with Crippen LogP contribution >= 0.6 is 0 Å². The molecule has 0 saturated heterocycles. The van der Waals surface area contributed by atoms with Gasteiger partial charge in [0.2, 0.25) is 0 Å². The summed E-state index contributed by atoms with van der Waals surface area (Å²) in [5, 5.41) is 0. The second kappa shape index (κ2) is 4.70. The molecule has 0 unspecified atom stereocenters. The zero-order valence-corrected chi connectivity index (χ0v) is 8.71. The highest BCUT2D eigenvalue weighted by Crippen LogP contribution is 2.11. The van der Waals surface area contributed by atoms with E-state index in [1.807, 2.05) is 13.8 Å². The van der Waals surface area contributed by atoms with Crippen molar-refractivity contribution in [3.05, 3.63) is 29.8 Å². The monoisotopic (exact) mass is 217 g/mol. The minimum absolute atomic E-state index is 0.0186. The quantitative estimate of drug-likeness (QED) is 0.704.